The molecule has 0 saturated heterocycles. The van der Waals surface area contributed by atoms with Gasteiger partial charge in [-0.05, 0) is 64.7 Å². The van der Waals surface area contributed by atoms with Gasteiger partial charge in [0, 0.05) is 71.1 Å². The molecule has 4 heterocycles. The lowest BCUT2D eigenvalue weighted by Crippen LogP contribution is -1.96. The Morgan fingerprint density at radius 1 is 0.286 bits per heavy atom. The predicted molar refractivity (Wildman–Crippen MR) is 287 cm³/mol. The van der Waals surface area contributed by atoms with Crippen LogP contribution in [0.1, 0.15) is 0 Å². The number of hydrogen-bond acceptors (Lipinski definition) is 5. The van der Waals surface area contributed by atoms with Gasteiger partial charge in [0.1, 0.15) is 22.3 Å². The number of rotatable bonds is 7. The largest absolute Gasteiger partial charge is 0.456 e. The number of para-hydroxylation sites is 4. The molecule has 5 nitrogen and oxygen atoms in total. The molecule has 4 aromatic heterocycles. The normalized spacial score (nSPS) is 11.7. The van der Waals surface area contributed by atoms with Gasteiger partial charge in [-0.15, -0.1) is 0 Å². The van der Waals surface area contributed by atoms with E-state index in [4.69, 9.17) is 23.8 Å². The molecule has 0 spiro atoms. The molecule has 0 atom stereocenters. The third-order valence-corrected chi connectivity index (χ3v) is 13.7. The van der Waals surface area contributed by atoms with Crippen LogP contribution in [0.2, 0.25) is 0 Å². The van der Waals surface area contributed by atoms with Crippen LogP contribution >= 0.6 is 0 Å². The third kappa shape index (κ3) is 6.59. The van der Waals surface area contributed by atoms with Crippen molar-refractivity contribution in [3.8, 4) is 78.5 Å². The maximum absolute atomic E-state index is 6.68. The van der Waals surface area contributed by atoms with E-state index < -0.39 is 0 Å². The van der Waals surface area contributed by atoms with E-state index in [9.17, 15) is 0 Å². The molecule has 0 aliphatic carbocycles. The molecule has 326 valence electrons. The number of nitrogens with zero attached hydrogens (tertiary/aromatic N) is 3. The fourth-order valence-corrected chi connectivity index (χ4v) is 10.4. The van der Waals surface area contributed by atoms with Gasteiger partial charge in [-0.2, -0.15) is 0 Å². The second-order valence-corrected chi connectivity index (χ2v) is 17.8. The van der Waals surface area contributed by atoms with Gasteiger partial charge in [-0.1, -0.05) is 194 Å². The van der Waals surface area contributed by atoms with Crippen LogP contribution in [-0.2, 0) is 0 Å². The Morgan fingerprint density at radius 2 is 0.857 bits per heavy atom. The minimum absolute atomic E-state index is 0.654. The van der Waals surface area contributed by atoms with Crippen LogP contribution in [0.3, 0.4) is 0 Å². The highest BCUT2D eigenvalue weighted by molar-refractivity contribution is 6.28. The lowest BCUT2D eigenvalue weighted by atomic mass is 9.88. The van der Waals surface area contributed by atoms with Crippen molar-refractivity contribution in [2.75, 3.05) is 0 Å². The number of fused-ring (bicyclic) bond motifs is 9. The molecule has 0 fully saturated rings. The van der Waals surface area contributed by atoms with Crippen molar-refractivity contribution >= 4 is 65.6 Å². The summed E-state index contributed by atoms with van der Waals surface area (Å²) in [4.78, 5) is 15.8. The summed E-state index contributed by atoms with van der Waals surface area (Å²) in [6, 6.07) is 82.6. The molecular formula is C65H39N3O2. The van der Waals surface area contributed by atoms with Crippen LogP contribution in [0.15, 0.2) is 245 Å². The highest BCUT2D eigenvalue weighted by Gasteiger charge is 2.22. The SMILES string of the molecule is c1ccc(-c2cc(-c3cccc(-c4cccc5c4oc4ccccc45)c3)nc(-c3ccc(-c4cccc(-c5c6c(cc7c(-c8ccccc8)nc8ccccc8c57)oc5ccccc56)c4)cc3)n2)cc1. The topological polar surface area (TPSA) is 65.0 Å². The molecule has 0 N–H and O–H groups in total. The van der Waals surface area contributed by atoms with E-state index >= 15 is 0 Å². The first-order valence-corrected chi connectivity index (χ1v) is 23.6. The molecule has 0 radical (unpaired) electrons. The Balaban J connectivity index is 0.891. The molecule has 0 aliphatic heterocycles. The van der Waals surface area contributed by atoms with Crippen LogP contribution in [0.5, 0.6) is 0 Å². The van der Waals surface area contributed by atoms with Gasteiger partial charge in [-0.25, -0.2) is 15.0 Å². The first-order chi connectivity index (χ1) is 34.7. The minimum Gasteiger partial charge on any atom is -0.456 e. The van der Waals surface area contributed by atoms with Gasteiger partial charge >= 0.3 is 0 Å². The number of pyridine rings is 1. The van der Waals surface area contributed by atoms with Crippen LogP contribution in [0, 0.1) is 0 Å². The second-order valence-electron chi connectivity index (χ2n) is 17.8. The van der Waals surface area contributed by atoms with E-state index in [-0.39, 0.29) is 0 Å². The molecule has 0 bridgehead atoms. The average molecular weight is 894 g/mol. The summed E-state index contributed by atoms with van der Waals surface area (Å²) < 4.78 is 13.1. The van der Waals surface area contributed by atoms with Crippen molar-refractivity contribution < 1.29 is 8.83 Å². The molecule has 14 aromatic rings. The van der Waals surface area contributed by atoms with E-state index in [1.54, 1.807) is 0 Å². The maximum Gasteiger partial charge on any atom is 0.160 e. The summed E-state index contributed by atoms with van der Waals surface area (Å²) in [5.41, 5.74) is 17.5. The lowest BCUT2D eigenvalue weighted by molar-refractivity contribution is 0.669. The van der Waals surface area contributed by atoms with Crippen molar-refractivity contribution in [3.63, 3.8) is 0 Å². The smallest absolute Gasteiger partial charge is 0.160 e. The van der Waals surface area contributed by atoms with Crippen molar-refractivity contribution in [1.82, 2.24) is 15.0 Å². The number of furan rings is 2. The van der Waals surface area contributed by atoms with Crippen LogP contribution in [0.25, 0.3) is 144 Å². The first-order valence-electron chi connectivity index (χ1n) is 23.6. The zero-order chi connectivity index (χ0) is 46.1. The molecule has 0 aliphatic rings. The summed E-state index contributed by atoms with van der Waals surface area (Å²) in [5, 5.41) is 7.69. The summed E-state index contributed by atoms with van der Waals surface area (Å²) in [7, 11) is 0. The predicted octanol–water partition coefficient (Wildman–Crippen LogP) is 17.6. The fourth-order valence-electron chi connectivity index (χ4n) is 10.4. The maximum atomic E-state index is 6.68. The second kappa shape index (κ2) is 16.1. The molecule has 0 amide bonds. The Morgan fingerprint density at radius 3 is 1.66 bits per heavy atom. The van der Waals surface area contributed by atoms with Gasteiger partial charge in [-0.3, -0.25) is 0 Å². The zero-order valence-corrected chi connectivity index (χ0v) is 37.7. The monoisotopic (exact) mass is 893 g/mol. The molecule has 0 saturated carbocycles. The van der Waals surface area contributed by atoms with E-state index in [1.807, 2.05) is 42.5 Å². The Hall–Kier alpha value is -9.45. The van der Waals surface area contributed by atoms with Gasteiger partial charge in [0.05, 0.1) is 22.6 Å². The van der Waals surface area contributed by atoms with Crippen molar-refractivity contribution in [2.45, 2.75) is 0 Å². The summed E-state index contributed by atoms with van der Waals surface area (Å²) in [5.74, 6) is 0.654. The quantitative estimate of drug-likeness (QED) is 0.149. The standard InChI is InChI=1S/C65H39N3O2/c1-3-16-41(17-4-1)55-39-56(46-22-14-21-45(37-46)48-27-15-28-50-49-24-8-11-30-57(49)70-64(48)50)68-65(67-55)43-34-32-40(33-35-43)44-20-13-23-47(36-44)60-61-51-25-7-10-29-54(51)66-63(42-18-5-2-6-19-42)53(61)38-59-62(60)52-26-9-12-31-58(52)69-59/h1-39H. The van der Waals surface area contributed by atoms with Gasteiger partial charge in [0.2, 0.25) is 0 Å². The molecule has 0 unspecified atom stereocenters. The summed E-state index contributed by atoms with van der Waals surface area (Å²) >= 11 is 0. The van der Waals surface area contributed by atoms with Crippen molar-refractivity contribution in [3.05, 3.63) is 237 Å². The summed E-state index contributed by atoms with van der Waals surface area (Å²) in [6.45, 7) is 0. The van der Waals surface area contributed by atoms with Crippen molar-refractivity contribution in [2.24, 2.45) is 0 Å². The fraction of sp³-hybridized carbons (Fsp3) is 0. The third-order valence-electron chi connectivity index (χ3n) is 13.7. The van der Waals surface area contributed by atoms with E-state index in [0.29, 0.717) is 5.82 Å². The Kier molecular flexibility index (Phi) is 9.14. The van der Waals surface area contributed by atoms with Crippen LogP contribution < -0.4 is 0 Å². The highest BCUT2D eigenvalue weighted by atomic mass is 16.3. The Bertz CT molecular complexity index is 4340. The van der Waals surface area contributed by atoms with Gasteiger partial charge < -0.3 is 8.83 Å². The number of benzene rings is 10. The molecule has 10 aromatic carbocycles. The lowest BCUT2D eigenvalue weighted by Gasteiger charge is -2.16. The van der Waals surface area contributed by atoms with Gasteiger partial charge in [0.15, 0.2) is 5.82 Å². The molecule has 14 rings (SSSR count). The first kappa shape index (κ1) is 39.7. The van der Waals surface area contributed by atoms with Crippen molar-refractivity contribution in [1.29, 1.82) is 0 Å². The molecule has 70 heavy (non-hydrogen) atoms. The average Bonchev–Trinajstić information content (AvgIpc) is 4.01. The van der Waals surface area contributed by atoms with Crippen LogP contribution in [0.4, 0.5) is 0 Å². The minimum atomic E-state index is 0.654. The van der Waals surface area contributed by atoms with E-state index in [2.05, 4.69) is 194 Å². The van der Waals surface area contributed by atoms with E-state index in [1.165, 1.54) is 0 Å². The number of aromatic nitrogens is 3. The Labute approximate surface area is 402 Å². The number of hydrogen-bond donors (Lipinski definition) is 0. The highest BCUT2D eigenvalue weighted by Crippen LogP contribution is 2.47. The molecular weight excluding hydrogens is 855 g/mol. The summed E-state index contributed by atoms with van der Waals surface area (Å²) in [6.07, 6.45) is 0. The van der Waals surface area contributed by atoms with Gasteiger partial charge in [0.25, 0.3) is 0 Å². The zero-order valence-electron chi connectivity index (χ0n) is 37.7. The molecule has 5 heteroatoms. The van der Waals surface area contributed by atoms with Crippen LogP contribution in [-0.4, -0.2) is 15.0 Å². The van der Waals surface area contributed by atoms with E-state index in [0.717, 1.165) is 138 Å².